The van der Waals surface area contributed by atoms with Crippen LogP contribution in [0.4, 0.5) is 0 Å². The number of rotatable bonds is 9. The Morgan fingerprint density at radius 2 is 0.662 bits per heavy atom. The minimum Gasteiger partial charge on any atom is -0.253 e. The van der Waals surface area contributed by atoms with Crippen molar-refractivity contribution < 1.29 is 0 Å². The first kappa shape index (κ1) is 39.1. The van der Waals surface area contributed by atoms with Gasteiger partial charge in [-0.05, 0) is 58.1 Å². The number of aromatic nitrogens is 7. The van der Waals surface area contributed by atoms with Crippen LogP contribution in [0.2, 0.25) is 0 Å². The van der Waals surface area contributed by atoms with Gasteiger partial charge in [-0.1, -0.05) is 200 Å². The highest BCUT2D eigenvalue weighted by molar-refractivity contribution is 5.98. The number of pyridine rings is 1. The van der Waals surface area contributed by atoms with Gasteiger partial charge >= 0.3 is 0 Å². The third kappa shape index (κ3) is 7.94. The molecule has 65 heavy (non-hydrogen) atoms. The largest absolute Gasteiger partial charge is 0.253 e. The van der Waals surface area contributed by atoms with E-state index >= 15 is 0 Å². The lowest BCUT2D eigenvalue weighted by Crippen LogP contribution is -2.02. The first-order valence-electron chi connectivity index (χ1n) is 21.6. The van der Waals surface area contributed by atoms with Gasteiger partial charge in [-0.2, -0.15) is 0 Å². The van der Waals surface area contributed by atoms with Crippen molar-refractivity contribution in [3.05, 3.63) is 224 Å². The summed E-state index contributed by atoms with van der Waals surface area (Å²) in [7, 11) is 0. The minimum atomic E-state index is 0.577. The van der Waals surface area contributed by atoms with Crippen LogP contribution in [0.5, 0.6) is 0 Å². The predicted molar refractivity (Wildman–Crippen MR) is 262 cm³/mol. The molecule has 0 saturated heterocycles. The average Bonchev–Trinajstić information content (AvgIpc) is 3.39. The van der Waals surface area contributed by atoms with E-state index < -0.39 is 0 Å². The lowest BCUT2D eigenvalue weighted by atomic mass is 9.86. The molecule has 0 radical (unpaired) electrons. The summed E-state index contributed by atoms with van der Waals surface area (Å²) >= 11 is 0. The van der Waals surface area contributed by atoms with Gasteiger partial charge in [0.2, 0.25) is 0 Å². The maximum Gasteiger partial charge on any atom is 0.164 e. The average molecular weight is 834 g/mol. The third-order valence-electron chi connectivity index (χ3n) is 11.5. The molecule has 7 nitrogen and oxygen atoms in total. The lowest BCUT2D eigenvalue weighted by molar-refractivity contribution is 1.07. The van der Waals surface area contributed by atoms with Crippen molar-refractivity contribution in [1.29, 1.82) is 0 Å². The van der Waals surface area contributed by atoms with Crippen LogP contribution in [-0.2, 0) is 0 Å². The standard InChI is InChI=1S/C58H39N7/c1-38-17-15-30-51(59-38)50-29-16-28-47(52(50)48-26-13-14-27-49(48)58-64-54(42-21-7-3-8-22-42)61-55(65-58)43-23-9-4-10-24-43)40-32-34-44(35-33-40)56-60-53(41-19-5-2-6-20-41)62-57(63-56)46-36-31-39-18-11-12-25-45(39)37-46/h2-37H,1H3. The van der Waals surface area contributed by atoms with E-state index in [0.717, 1.165) is 83.4 Å². The van der Waals surface area contributed by atoms with Gasteiger partial charge in [0, 0.05) is 44.6 Å². The van der Waals surface area contributed by atoms with Crippen LogP contribution in [0.1, 0.15) is 5.69 Å². The first-order valence-corrected chi connectivity index (χ1v) is 21.6. The molecule has 0 saturated carbocycles. The highest BCUT2D eigenvalue weighted by Crippen LogP contribution is 2.44. The van der Waals surface area contributed by atoms with Gasteiger partial charge in [-0.15, -0.1) is 0 Å². The van der Waals surface area contributed by atoms with Crippen molar-refractivity contribution in [2.75, 3.05) is 0 Å². The van der Waals surface area contributed by atoms with E-state index in [0.29, 0.717) is 34.9 Å². The topological polar surface area (TPSA) is 90.2 Å². The maximum atomic E-state index is 5.17. The van der Waals surface area contributed by atoms with E-state index in [1.807, 2.05) is 110 Å². The summed E-state index contributed by atoms with van der Waals surface area (Å²) in [5, 5.41) is 2.29. The molecular weight excluding hydrogens is 795 g/mol. The molecule has 7 heteroatoms. The molecule has 11 rings (SSSR count). The summed E-state index contributed by atoms with van der Waals surface area (Å²) < 4.78 is 0. The van der Waals surface area contributed by atoms with E-state index in [-0.39, 0.29) is 0 Å². The summed E-state index contributed by atoms with van der Waals surface area (Å²) in [5.41, 5.74) is 12.3. The van der Waals surface area contributed by atoms with Crippen molar-refractivity contribution >= 4 is 10.8 Å². The number of hydrogen-bond donors (Lipinski definition) is 0. The number of nitrogens with zero attached hydrogens (tertiary/aromatic N) is 7. The normalized spacial score (nSPS) is 11.2. The fraction of sp³-hybridized carbons (Fsp3) is 0.0172. The summed E-state index contributed by atoms with van der Waals surface area (Å²) in [6.07, 6.45) is 0. The van der Waals surface area contributed by atoms with Gasteiger partial charge < -0.3 is 0 Å². The van der Waals surface area contributed by atoms with E-state index in [1.165, 1.54) is 0 Å². The highest BCUT2D eigenvalue weighted by Gasteiger charge is 2.22. The summed E-state index contributed by atoms with van der Waals surface area (Å²) in [5.74, 6) is 3.61. The van der Waals surface area contributed by atoms with Crippen LogP contribution < -0.4 is 0 Å². The predicted octanol–water partition coefficient (Wildman–Crippen LogP) is 13.9. The molecule has 0 fully saturated rings. The Kier molecular flexibility index (Phi) is 10.3. The molecule has 0 amide bonds. The Morgan fingerprint density at radius 1 is 0.246 bits per heavy atom. The highest BCUT2D eigenvalue weighted by atomic mass is 15.0. The quantitative estimate of drug-likeness (QED) is 0.143. The Morgan fingerprint density at radius 3 is 1.25 bits per heavy atom. The van der Waals surface area contributed by atoms with Crippen LogP contribution in [0.15, 0.2) is 218 Å². The molecule has 0 spiro atoms. The van der Waals surface area contributed by atoms with Crippen LogP contribution in [0.3, 0.4) is 0 Å². The van der Waals surface area contributed by atoms with Crippen LogP contribution in [-0.4, -0.2) is 34.9 Å². The molecule has 0 aliphatic heterocycles. The van der Waals surface area contributed by atoms with Gasteiger partial charge in [-0.3, -0.25) is 4.98 Å². The molecule has 0 bridgehead atoms. The molecule has 0 aliphatic rings. The molecule has 0 atom stereocenters. The zero-order valence-electron chi connectivity index (χ0n) is 35.4. The van der Waals surface area contributed by atoms with Gasteiger partial charge in [0.25, 0.3) is 0 Å². The summed E-state index contributed by atoms with van der Waals surface area (Å²) in [6, 6.07) is 74.3. The smallest absolute Gasteiger partial charge is 0.164 e. The van der Waals surface area contributed by atoms with Crippen molar-refractivity contribution in [3.8, 4) is 102 Å². The third-order valence-corrected chi connectivity index (χ3v) is 11.5. The fourth-order valence-corrected chi connectivity index (χ4v) is 8.29. The maximum absolute atomic E-state index is 5.17. The van der Waals surface area contributed by atoms with Crippen molar-refractivity contribution in [1.82, 2.24) is 34.9 Å². The van der Waals surface area contributed by atoms with Crippen LogP contribution >= 0.6 is 0 Å². The van der Waals surface area contributed by atoms with Gasteiger partial charge in [0.05, 0.1) is 5.69 Å². The molecule has 0 aliphatic carbocycles. The molecule has 8 aromatic carbocycles. The second-order valence-corrected chi connectivity index (χ2v) is 15.8. The molecule has 3 aromatic heterocycles. The number of hydrogen-bond acceptors (Lipinski definition) is 7. The molecule has 11 aromatic rings. The lowest BCUT2D eigenvalue weighted by Gasteiger charge is -2.19. The number of benzene rings is 8. The van der Waals surface area contributed by atoms with Crippen LogP contribution in [0, 0.1) is 6.92 Å². The van der Waals surface area contributed by atoms with E-state index in [4.69, 9.17) is 34.9 Å². The van der Waals surface area contributed by atoms with Crippen molar-refractivity contribution in [2.45, 2.75) is 6.92 Å². The van der Waals surface area contributed by atoms with E-state index in [1.54, 1.807) is 0 Å². The SMILES string of the molecule is Cc1cccc(-c2cccc(-c3ccc(-c4nc(-c5ccccc5)nc(-c5ccc6ccccc6c5)n4)cc3)c2-c2ccccc2-c2nc(-c3ccccc3)nc(-c3ccccc3)n2)n1. The Labute approximate surface area is 377 Å². The van der Waals surface area contributed by atoms with Gasteiger partial charge in [0.1, 0.15) is 0 Å². The van der Waals surface area contributed by atoms with Crippen LogP contribution in [0.25, 0.3) is 113 Å². The first-order chi connectivity index (χ1) is 32.1. The summed E-state index contributed by atoms with van der Waals surface area (Å²) in [6.45, 7) is 2.02. The molecule has 3 heterocycles. The molecule has 0 N–H and O–H groups in total. The summed E-state index contributed by atoms with van der Waals surface area (Å²) in [4.78, 5) is 35.5. The molecule has 0 unspecified atom stereocenters. The second-order valence-electron chi connectivity index (χ2n) is 15.8. The Balaban J connectivity index is 1.07. The number of fused-ring (bicyclic) bond motifs is 1. The molecule has 306 valence electrons. The zero-order chi connectivity index (χ0) is 43.5. The van der Waals surface area contributed by atoms with Gasteiger partial charge in [-0.25, -0.2) is 29.9 Å². The number of aryl methyl sites for hydroxylation is 1. The molecular formula is C58H39N7. The Hall–Kier alpha value is -8.81. The zero-order valence-corrected chi connectivity index (χ0v) is 35.4. The van der Waals surface area contributed by atoms with Crippen molar-refractivity contribution in [3.63, 3.8) is 0 Å². The Bertz CT molecular complexity index is 3430. The second kappa shape index (κ2) is 17.2. The van der Waals surface area contributed by atoms with E-state index in [2.05, 4.69) is 115 Å². The monoisotopic (exact) mass is 833 g/mol. The van der Waals surface area contributed by atoms with Crippen molar-refractivity contribution in [2.24, 2.45) is 0 Å². The minimum absolute atomic E-state index is 0.577. The van der Waals surface area contributed by atoms with Gasteiger partial charge in [0.15, 0.2) is 34.9 Å². The fourth-order valence-electron chi connectivity index (χ4n) is 8.29. The van der Waals surface area contributed by atoms with E-state index in [9.17, 15) is 0 Å².